The number of benzene rings is 2. The molecular formula is C20H23NO3S. The van der Waals surface area contributed by atoms with Crippen LogP contribution in [0.2, 0.25) is 0 Å². The zero-order valence-corrected chi connectivity index (χ0v) is 15.1. The van der Waals surface area contributed by atoms with Crippen LogP contribution < -0.4 is 5.32 Å². The van der Waals surface area contributed by atoms with Gasteiger partial charge in [-0.2, -0.15) is 0 Å². The zero-order chi connectivity index (χ0) is 17.9. The molecule has 1 atom stereocenters. The molecule has 0 aliphatic heterocycles. The van der Waals surface area contributed by atoms with Crippen LogP contribution in [-0.4, -0.2) is 24.2 Å². The second-order valence-electron chi connectivity index (χ2n) is 5.58. The van der Waals surface area contributed by atoms with E-state index >= 15 is 0 Å². The Balaban J connectivity index is 1.75. The molecule has 5 heteroatoms. The summed E-state index contributed by atoms with van der Waals surface area (Å²) >= 11 is 1.39. The van der Waals surface area contributed by atoms with Gasteiger partial charge in [0, 0.05) is 4.90 Å². The highest BCUT2D eigenvalue weighted by molar-refractivity contribution is 8.00. The number of nitrogens with one attached hydrogen (secondary N) is 1. The van der Waals surface area contributed by atoms with Crippen molar-refractivity contribution in [2.45, 2.75) is 30.7 Å². The Labute approximate surface area is 153 Å². The van der Waals surface area contributed by atoms with Gasteiger partial charge in [-0.25, -0.2) is 0 Å². The lowest BCUT2D eigenvalue weighted by Crippen LogP contribution is -2.32. The summed E-state index contributed by atoms with van der Waals surface area (Å²) in [6.45, 7) is 1.82. The second kappa shape index (κ2) is 10.6. The quantitative estimate of drug-likeness (QED) is 0.545. The Bertz CT molecular complexity index is 661. The molecule has 2 aromatic carbocycles. The Hall–Kier alpha value is -2.27. The number of carbonyl (C=O) groups is 2. The Kier molecular flexibility index (Phi) is 8.05. The van der Waals surface area contributed by atoms with E-state index in [1.807, 2.05) is 60.7 Å². The van der Waals surface area contributed by atoms with Crippen molar-refractivity contribution in [2.24, 2.45) is 0 Å². The molecule has 25 heavy (non-hydrogen) atoms. The fourth-order valence-corrected chi connectivity index (χ4v) is 3.10. The lowest BCUT2D eigenvalue weighted by molar-refractivity contribution is -0.146. The smallest absolute Gasteiger partial charge is 0.316 e. The normalized spacial score (nSPS) is 11.6. The van der Waals surface area contributed by atoms with Crippen molar-refractivity contribution in [3.05, 3.63) is 66.2 Å². The number of ether oxygens (including phenoxy) is 1. The van der Waals surface area contributed by atoms with Gasteiger partial charge < -0.3 is 10.1 Å². The van der Waals surface area contributed by atoms with Gasteiger partial charge in [-0.3, -0.25) is 9.59 Å². The highest BCUT2D eigenvalue weighted by Crippen LogP contribution is 2.18. The van der Waals surface area contributed by atoms with Crippen LogP contribution in [0.15, 0.2) is 65.6 Å². The van der Waals surface area contributed by atoms with Gasteiger partial charge in [-0.15, -0.1) is 11.8 Å². The molecule has 0 spiro atoms. The molecule has 2 aromatic rings. The monoisotopic (exact) mass is 357 g/mol. The van der Waals surface area contributed by atoms with Gasteiger partial charge in [0.2, 0.25) is 0 Å². The molecule has 0 unspecified atom stereocenters. The van der Waals surface area contributed by atoms with Crippen molar-refractivity contribution >= 4 is 23.6 Å². The summed E-state index contributed by atoms with van der Waals surface area (Å²) in [4.78, 5) is 24.9. The number of thioether (sulfide) groups is 1. The minimum absolute atomic E-state index is 0.0592. The fraction of sp³-hybridized carbons (Fsp3) is 0.300. The number of carbonyl (C=O) groups excluding carboxylic acids is 2. The molecule has 0 bridgehead atoms. The third-order valence-electron chi connectivity index (χ3n) is 3.58. The van der Waals surface area contributed by atoms with Crippen LogP contribution >= 0.6 is 11.8 Å². The van der Waals surface area contributed by atoms with E-state index in [2.05, 4.69) is 12.2 Å². The number of rotatable bonds is 9. The average Bonchev–Trinajstić information content (AvgIpc) is 2.66. The summed E-state index contributed by atoms with van der Waals surface area (Å²) in [6, 6.07) is 19.4. The highest BCUT2D eigenvalue weighted by atomic mass is 32.2. The molecule has 0 aliphatic rings. The van der Waals surface area contributed by atoms with Crippen molar-refractivity contribution < 1.29 is 14.3 Å². The van der Waals surface area contributed by atoms with Gasteiger partial charge in [0.05, 0.1) is 11.8 Å². The SMILES string of the molecule is CCC[C@@H](NC(=O)COC(=O)CSc1ccccc1)c1ccccc1. The molecule has 0 aromatic heterocycles. The van der Waals surface area contributed by atoms with Gasteiger partial charge in [-0.1, -0.05) is 61.9 Å². The molecule has 0 saturated carbocycles. The first kappa shape index (κ1) is 19.1. The molecule has 0 fully saturated rings. The van der Waals surface area contributed by atoms with E-state index in [1.54, 1.807) is 0 Å². The zero-order valence-electron chi connectivity index (χ0n) is 14.3. The van der Waals surface area contributed by atoms with Crippen LogP contribution in [0.3, 0.4) is 0 Å². The van der Waals surface area contributed by atoms with Crippen LogP contribution in [0.5, 0.6) is 0 Å². The molecule has 1 N–H and O–H groups in total. The summed E-state index contributed by atoms with van der Waals surface area (Å²) < 4.78 is 5.07. The van der Waals surface area contributed by atoms with E-state index in [0.29, 0.717) is 0 Å². The minimum atomic E-state index is -0.393. The Morgan fingerprint density at radius 3 is 2.32 bits per heavy atom. The first-order valence-electron chi connectivity index (χ1n) is 8.37. The molecular weight excluding hydrogens is 334 g/mol. The predicted octanol–water partition coefficient (Wildman–Crippen LogP) is 3.98. The first-order valence-corrected chi connectivity index (χ1v) is 9.35. The minimum Gasteiger partial charge on any atom is -0.455 e. The highest BCUT2D eigenvalue weighted by Gasteiger charge is 2.15. The summed E-state index contributed by atoms with van der Waals surface area (Å²) in [6.07, 6.45) is 1.79. The Morgan fingerprint density at radius 1 is 1.04 bits per heavy atom. The van der Waals surface area contributed by atoms with Crippen LogP contribution in [0.25, 0.3) is 0 Å². The number of hydrogen-bond donors (Lipinski definition) is 1. The lowest BCUT2D eigenvalue weighted by atomic mass is 10.0. The summed E-state index contributed by atoms with van der Waals surface area (Å²) in [5.74, 6) is -0.481. The summed E-state index contributed by atoms with van der Waals surface area (Å²) in [5, 5.41) is 2.94. The largest absolute Gasteiger partial charge is 0.455 e. The van der Waals surface area contributed by atoms with Crippen molar-refractivity contribution in [3.8, 4) is 0 Å². The first-order chi connectivity index (χ1) is 12.2. The van der Waals surface area contributed by atoms with E-state index in [-0.39, 0.29) is 24.3 Å². The second-order valence-corrected chi connectivity index (χ2v) is 6.63. The summed E-state index contributed by atoms with van der Waals surface area (Å²) in [5.41, 5.74) is 1.06. The van der Waals surface area contributed by atoms with E-state index in [9.17, 15) is 9.59 Å². The molecule has 1 amide bonds. The van der Waals surface area contributed by atoms with Gasteiger partial charge in [0.25, 0.3) is 5.91 Å². The van der Waals surface area contributed by atoms with Gasteiger partial charge in [-0.05, 0) is 24.1 Å². The maximum atomic E-state index is 12.1. The molecule has 4 nitrogen and oxygen atoms in total. The van der Waals surface area contributed by atoms with E-state index in [4.69, 9.17) is 4.74 Å². The Morgan fingerprint density at radius 2 is 1.68 bits per heavy atom. The molecule has 0 radical (unpaired) electrons. The van der Waals surface area contributed by atoms with Gasteiger partial charge in [0.15, 0.2) is 6.61 Å². The molecule has 0 aliphatic carbocycles. The van der Waals surface area contributed by atoms with Crippen molar-refractivity contribution in [3.63, 3.8) is 0 Å². The standard InChI is InChI=1S/C20H23NO3S/c1-2-9-18(16-10-5-3-6-11-16)21-19(22)14-24-20(23)15-25-17-12-7-4-8-13-17/h3-8,10-13,18H,2,9,14-15H2,1H3,(H,21,22)/t18-/m1/s1. The molecule has 132 valence electrons. The molecule has 2 rings (SSSR count). The van der Waals surface area contributed by atoms with E-state index in [0.717, 1.165) is 23.3 Å². The lowest BCUT2D eigenvalue weighted by Gasteiger charge is -2.18. The van der Waals surface area contributed by atoms with Crippen molar-refractivity contribution in [2.75, 3.05) is 12.4 Å². The van der Waals surface area contributed by atoms with Gasteiger partial charge in [0.1, 0.15) is 0 Å². The van der Waals surface area contributed by atoms with Gasteiger partial charge >= 0.3 is 5.97 Å². The molecule has 0 saturated heterocycles. The topological polar surface area (TPSA) is 55.4 Å². The fourth-order valence-electron chi connectivity index (χ4n) is 2.38. The van der Waals surface area contributed by atoms with Crippen LogP contribution in [-0.2, 0) is 14.3 Å². The van der Waals surface area contributed by atoms with Crippen molar-refractivity contribution in [1.82, 2.24) is 5.32 Å². The number of esters is 1. The van der Waals surface area contributed by atoms with E-state index in [1.165, 1.54) is 11.8 Å². The third kappa shape index (κ3) is 7.01. The van der Waals surface area contributed by atoms with Crippen molar-refractivity contribution in [1.29, 1.82) is 0 Å². The third-order valence-corrected chi connectivity index (χ3v) is 4.56. The maximum Gasteiger partial charge on any atom is 0.316 e. The predicted molar refractivity (Wildman–Crippen MR) is 100 cm³/mol. The van der Waals surface area contributed by atoms with Crippen LogP contribution in [0, 0.1) is 0 Å². The van der Waals surface area contributed by atoms with E-state index < -0.39 is 5.97 Å². The summed E-state index contributed by atoms with van der Waals surface area (Å²) in [7, 11) is 0. The number of amides is 1. The number of hydrogen-bond acceptors (Lipinski definition) is 4. The molecule has 0 heterocycles. The maximum absolute atomic E-state index is 12.1. The van der Waals surface area contributed by atoms with Crippen LogP contribution in [0.1, 0.15) is 31.4 Å². The average molecular weight is 357 g/mol. The van der Waals surface area contributed by atoms with Crippen LogP contribution in [0.4, 0.5) is 0 Å².